The lowest BCUT2D eigenvalue weighted by atomic mass is 9.90. The number of rotatable bonds is 3. The molecule has 4 nitrogen and oxygen atoms in total. The number of hydrogen-bond donors (Lipinski definition) is 3. The first-order valence-electron chi connectivity index (χ1n) is 5.78. The maximum absolute atomic E-state index is 11.2. The van der Waals surface area contributed by atoms with Gasteiger partial charge in [-0.2, -0.15) is 0 Å². The number of carboxylic acids is 1. The summed E-state index contributed by atoms with van der Waals surface area (Å²) in [6.45, 7) is 1.64. The van der Waals surface area contributed by atoms with Crippen LogP contribution in [-0.4, -0.2) is 21.3 Å². The van der Waals surface area contributed by atoms with Gasteiger partial charge < -0.3 is 15.3 Å². The van der Waals surface area contributed by atoms with Crippen LogP contribution in [0, 0.1) is 6.92 Å². The van der Waals surface area contributed by atoms with Crippen molar-refractivity contribution in [3.63, 3.8) is 0 Å². The van der Waals surface area contributed by atoms with Crippen LogP contribution in [0.3, 0.4) is 0 Å². The Bertz CT molecular complexity index is 603. The summed E-state index contributed by atoms with van der Waals surface area (Å²) in [6, 6.07) is 12.7. The molecule has 0 aliphatic carbocycles. The average Bonchev–Trinajstić information content (AvgIpc) is 2.39. The average molecular weight is 258 g/mol. The third kappa shape index (κ3) is 2.36. The highest BCUT2D eigenvalue weighted by molar-refractivity contribution is 5.90. The Morgan fingerprint density at radius 2 is 1.63 bits per heavy atom. The van der Waals surface area contributed by atoms with Crippen LogP contribution in [0.5, 0.6) is 0 Å². The maximum atomic E-state index is 11.2. The minimum absolute atomic E-state index is 0.00583. The van der Waals surface area contributed by atoms with Crippen molar-refractivity contribution >= 4 is 5.97 Å². The number of carboxylic acid groups (broad SMARTS) is 1. The molecule has 3 N–H and O–H groups in total. The third-order valence-corrected chi connectivity index (χ3v) is 3.03. The first kappa shape index (κ1) is 13.3. The van der Waals surface area contributed by atoms with Gasteiger partial charge in [-0.05, 0) is 18.6 Å². The Hall–Kier alpha value is -2.17. The SMILES string of the molecule is Cc1cccc(C(=O)O)c1C(O)(O)c1ccccc1. The number of carbonyl (C=O) groups is 1. The predicted molar refractivity (Wildman–Crippen MR) is 69.8 cm³/mol. The molecule has 4 heteroatoms. The van der Waals surface area contributed by atoms with E-state index >= 15 is 0 Å². The van der Waals surface area contributed by atoms with Gasteiger partial charge in [0.25, 0.3) is 0 Å². The van der Waals surface area contributed by atoms with Crippen molar-refractivity contribution in [2.24, 2.45) is 0 Å². The van der Waals surface area contributed by atoms with E-state index in [9.17, 15) is 20.1 Å². The Balaban J connectivity index is 2.67. The largest absolute Gasteiger partial charge is 0.478 e. The Morgan fingerprint density at radius 1 is 1.00 bits per heavy atom. The molecule has 2 aromatic carbocycles. The molecule has 2 rings (SSSR count). The normalized spacial score (nSPS) is 11.3. The standard InChI is InChI=1S/C15H14O4/c1-10-6-5-9-12(14(16)17)13(10)15(18,19)11-7-3-2-4-8-11/h2-9,18-19H,1H3,(H,16,17). The third-order valence-electron chi connectivity index (χ3n) is 3.03. The van der Waals surface area contributed by atoms with Crippen LogP contribution in [0.15, 0.2) is 48.5 Å². The van der Waals surface area contributed by atoms with Gasteiger partial charge in [0.2, 0.25) is 5.79 Å². The summed E-state index contributed by atoms with van der Waals surface area (Å²) in [5.74, 6) is -3.53. The number of aryl methyl sites for hydroxylation is 1. The van der Waals surface area contributed by atoms with Crippen molar-refractivity contribution in [2.75, 3.05) is 0 Å². The fraction of sp³-hybridized carbons (Fsp3) is 0.133. The molecule has 0 radical (unpaired) electrons. The molecule has 0 heterocycles. The fourth-order valence-electron chi connectivity index (χ4n) is 2.12. The van der Waals surface area contributed by atoms with Crippen LogP contribution in [0.4, 0.5) is 0 Å². The topological polar surface area (TPSA) is 77.8 Å². The molecule has 2 aromatic rings. The van der Waals surface area contributed by atoms with Crippen molar-refractivity contribution in [3.05, 3.63) is 70.8 Å². The summed E-state index contributed by atoms with van der Waals surface area (Å²) in [4.78, 5) is 11.2. The highest BCUT2D eigenvalue weighted by atomic mass is 16.5. The van der Waals surface area contributed by atoms with Crippen LogP contribution in [0.25, 0.3) is 0 Å². The van der Waals surface area contributed by atoms with Gasteiger partial charge >= 0.3 is 5.97 Å². The molecule has 0 amide bonds. The molecule has 0 aliphatic heterocycles. The second-order valence-corrected chi connectivity index (χ2v) is 4.34. The van der Waals surface area contributed by atoms with Crippen molar-refractivity contribution in [2.45, 2.75) is 12.7 Å². The second kappa shape index (κ2) is 4.84. The zero-order valence-corrected chi connectivity index (χ0v) is 10.4. The van der Waals surface area contributed by atoms with E-state index in [0.29, 0.717) is 5.56 Å². The van der Waals surface area contributed by atoms with Gasteiger partial charge in [0, 0.05) is 11.1 Å². The first-order chi connectivity index (χ1) is 8.94. The summed E-state index contributed by atoms with van der Waals surface area (Å²) in [7, 11) is 0. The highest BCUT2D eigenvalue weighted by Crippen LogP contribution is 2.31. The van der Waals surface area contributed by atoms with Crippen molar-refractivity contribution < 1.29 is 20.1 Å². The summed E-state index contributed by atoms with van der Waals surface area (Å²) >= 11 is 0. The first-order valence-corrected chi connectivity index (χ1v) is 5.78. The van der Waals surface area contributed by atoms with Crippen LogP contribution < -0.4 is 0 Å². The zero-order valence-electron chi connectivity index (χ0n) is 10.4. The molecule has 0 bridgehead atoms. The lowest BCUT2D eigenvalue weighted by molar-refractivity contribution is -0.133. The number of hydrogen-bond acceptors (Lipinski definition) is 3. The lowest BCUT2D eigenvalue weighted by Crippen LogP contribution is -2.30. The summed E-state index contributed by atoms with van der Waals surface area (Å²) < 4.78 is 0. The Kier molecular flexibility index (Phi) is 3.38. The van der Waals surface area contributed by atoms with Crippen LogP contribution in [0.2, 0.25) is 0 Å². The van der Waals surface area contributed by atoms with Gasteiger partial charge in [0.15, 0.2) is 0 Å². The van der Waals surface area contributed by atoms with E-state index < -0.39 is 11.8 Å². The molecule has 0 atom stereocenters. The molecule has 0 saturated carbocycles. The Morgan fingerprint density at radius 3 is 2.21 bits per heavy atom. The molecule has 0 aliphatic rings. The second-order valence-electron chi connectivity index (χ2n) is 4.34. The molecule has 0 fully saturated rings. The zero-order chi connectivity index (χ0) is 14.0. The van der Waals surface area contributed by atoms with Gasteiger partial charge in [-0.15, -0.1) is 0 Å². The number of benzene rings is 2. The molecule has 0 saturated heterocycles. The molecule has 0 spiro atoms. The van der Waals surface area contributed by atoms with E-state index in [1.165, 1.54) is 18.2 Å². The fourth-order valence-corrected chi connectivity index (χ4v) is 2.12. The molecule has 19 heavy (non-hydrogen) atoms. The van der Waals surface area contributed by atoms with E-state index in [0.717, 1.165) is 0 Å². The van der Waals surface area contributed by atoms with E-state index in [4.69, 9.17) is 0 Å². The number of aromatic carboxylic acids is 1. The summed E-state index contributed by atoms with van der Waals surface area (Å²) in [5.41, 5.74) is 0.614. The molecular weight excluding hydrogens is 244 g/mol. The van der Waals surface area contributed by atoms with Gasteiger partial charge in [-0.3, -0.25) is 0 Å². The van der Waals surface area contributed by atoms with Gasteiger partial charge in [0.1, 0.15) is 0 Å². The van der Waals surface area contributed by atoms with Crippen LogP contribution in [0.1, 0.15) is 27.0 Å². The van der Waals surface area contributed by atoms with E-state index in [-0.39, 0.29) is 16.7 Å². The van der Waals surface area contributed by atoms with Gasteiger partial charge in [-0.25, -0.2) is 4.79 Å². The highest BCUT2D eigenvalue weighted by Gasteiger charge is 2.34. The summed E-state index contributed by atoms with van der Waals surface area (Å²) in [6.07, 6.45) is 0. The summed E-state index contributed by atoms with van der Waals surface area (Å²) in [5, 5.41) is 29.9. The smallest absolute Gasteiger partial charge is 0.336 e. The maximum Gasteiger partial charge on any atom is 0.336 e. The van der Waals surface area contributed by atoms with E-state index in [2.05, 4.69) is 0 Å². The van der Waals surface area contributed by atoms with Gasteiger partial charge in [0.05, 0.1) is 5.56 Å². The number of aliphatic hydroxyl groups is 2. The van der Waals surface area contributed by atoms with Crippen molar-refractivity contribution in [3.8, 4) is 0 Å². The minimum atomic E-state index is -2.33. The van der Waals surface area contributed by atoms with E-state index in [1.807, 2.05) is 0 Å². The quantitative estimate of drug-likeness (QED) is 0.734. The molecule has 0 aromatic heterocycles. The lowest BCUT2D eigenvalue weighted by Gasteiger charge is -2.26. The predicted octanol–water partition coefficient (Wildman–Crippen LogP) is 1.88. The van der Waals surface area contributed by atoms with Crippen molar-refractivity contribution in [1.82, 2.24) is 0 Å². The van der Waals surface area contributed by atoms with Crippen LogP contribution in [-0.2, 0) is 5.79 Å². The van der Waals surface area contributed by atoms with E-state index in [1.54, 1.807) is 37.3 Å². The van der Waals surface area contributed by atoms with Crippen LogP contribution >= 0.6 is 0 Å². The monoisotopic (exact) mass is 258 g/mol. The molecular formula is C15H14O4. The minimum Gasteiger partial charge on any atom is -0.478 e. The molecule has 98 valence electrons. The molecule has 0 unspecified atom stereocenters. The van der Waals surface area contributed by atoms with Gasteiger partial charge in [-0.1, -0.05) is 42.5 Å². The Labute approximate surface area is 110 Å². The van der Waals surface area contributed by atoms with Crippen molar-refractivity contribution in [1.29, 1.82) is 0 Å².